The van der Waals surface area contributed by atoms with Crippen molar-refractivity contribution in [3.05, 3.63) is 29.7 Å². The number of aryl methyl sites for hydroxylation is 1. The molecule has 0 aromatic carbocycles. The van der Waals surface area contributed by atoms with Crippen LogP contribution in [0, 0.1) is 11.3 Å². The van der Waals surface area contributed by atoms with Crippen LogP contribution in [0.15, 0.2) is 18.3 Å². The molecule has 1 unspecified atom stereocenters. The van der Waals surface area contributed by atoms with E-state index in [1.807, 2.05) is 10.5 Å². The molecule has 5 nitrogen and oxygen atoms in total. The second kappa shape index (κ2) is 4.75. The van der Waals surface area contributed by atoms with Crippen LogP contribution in [0.1, 0.15) is 30.7 Å². The van der Waals surface area contributed by atoms with Gasteiger partial charge in [0.2, 0.25) is 0 Å². The van der Waals surface area contributed by atoms with Crippen LogP contribution in [0.25, 0.3) is 5.65 Å². The first-order valence-electron chi connectivity index (χ1n) is 6.22. The lowest BCUT2D eigenvalue weighted by molar-refractivity contribution is 0.104. The summed E-state index contributed by atoms with van der Waals surface area (Å²) in [5, 5.41) is 17.2. The van der Waals surface area contributed by atoms with Gasteiger partial charge in [-0.2, -0.15) is 5.26 Å². The molecular weight excluding hydrogens is 228 g/mol. The summed E-state index contributed by atoms with van der Waals surface area (Å²) >= 11 is 0. The predicted molar refractivity (Wildman–Crippen MR) is 65.0 cm³/mol. The molecule has 0 saturated carbocycles. The normalized spacial score (nSPS) is 19.2. The van der Waals surface area contributed by atoms with E-state index in [1.54, 1.807) is 12.3 Å². The zero-order chi connectivity index (χ0) is 12.4. The van der Waals surface area contributed by atoms with Crippen LogP contribution < -0.4 is 0 Å². The third-order valence-electron chi connectivity index (χ3n) is 3.32. The zero-order valence-electron chi connectivity index (χ0n) is 10.0. The van der Waals surface area contributed by atoms with Crippen molar-refractivity contribution in [3.8, 4) is 6.07 Å². The summed E-state index contributed by atoms with van der Waals surface area (Å²) in [7, 11) is 0. The fraction of sp³-hybridized carbons (Fsp3) is 0.462. The van der Waals surface area contributed by atoms with E-state index in [0.717, 1.165) is 43.8 Å². The number of aromatic nitrogens is 3. The standard InChI is InChI=1S/C13H14N4O/c14-8-10-3-5-12-15-16-13(17(12)9-10)6-4-11-2-1-7-18-11/h3,5,9,11H,1-2,4,6-7H2. The Hall–Kier alpha value is -1.93. The van der Waals surface area contributed by atoms with Gasteiger partial charge in [-0.25, -0.2) is 0 Å². The van der Waals surface area contributed by atoms with Gasteiger partial charge >= 0.3 is 0 Å². The van der Waals surface area contributed by atoms with Gasteiger partial charge < -0.3 is 4.74 Å². The highest BCUT2D eigenvalue weighted by Crippen LogP contribution is 2.17. The lowest BCUT2D eigenvalue weighted by Crippen LogP contribution is -2.08. The smallest absolute Gasteiger partial charge is 0.160 e. The molecule has 0 bridgehead atoms. The minimum Gasteiger partial charge on any atom is -0.378 e. The van der Waals surface area contributed by atoms with Crippen LogP contribution in [0.3, 0.4) is 0 Å². The van der Waals surface area contributed by atoms with Gasteiger partial charge in [-0.15, -0.1) is 10.2 Å². The van der Waals surface area contributed by atoms with Crippen LogP contribution in [0.5, 0.6) is 0 Å². The second-order valence-electron chi connectivity index (χ2n) is 4.55. The first-order valence-corrected chi connectivity index (χ1v) is 6.22. The lowest BCUT2D eigenvalue weighted by Gasteiger charge is -2.07. The molecule has 0 radical (unpaired) electrons. The number of hydrogen-bond donors (Lipinski definition) is 0. The summed E-state index contributed by atoms with van der Waals surface area (Å²) in [6, 6.07) is 5.71. The Morgan fingerprint density at radius 1 is 1.44 bits per heavy atom. The van der Waals surface area contributed by atoms with Crippen LogP contribution >= 0.6 is 0 Å². The Morgan fingerprint density at radius 2 is 2.39 bits per heavy atom. The van der Waals surface area contributed by atoms with Gasteiger partial charge in [0.15, 0.2) is 5.65 Å². The molecule has 1 aliphatic rings. The average molecular weight is 242 g/mol. The largest absolute Gasteiger partial charge is 0.378 e. The van der Waals surface area contributed by atoms with Gasteiger partial charge in [0.25, 0.3) is 0 Å². The monoisotopic (exact) mass is 242 g/mol. The highest BCUT2D eigenvalue weighted by Gasteiger charge is 2.16. The van der Waals surface area contributed by atoms with Gasteiger partial charge in [0.1, 0.15) is 11.9 Å². The van der Waals surface area contributed by atoms with Crippen LogP contribution in [-0.4, -0.2) is 27.3 Å². The van der Waals surface area contributed by atoms with Crippen LogP contribution in [-0.2, 0) is 11.2 Å². The maximum absolute atomic E-state index is 8.90. The summed E-state index contributed by atoms with van der Waals surface area (Å²) in [6.07, 6.45) is 6.25. The van der Waals surface area contributed by atoms with E-state index in [4.69, 9.17) is 10.00 Å². The van der Waals surface area contributed by atoms with Crippen molar-refractivity contribution in [2.75, 3.05) is 6.61 Å². The first kappa shape index (κ1) is 11.2. The molecular formula is C13H14N4O. The summed E-state index contributed by atoms with van der Waals surface area (Å²) < 4.78 is 7.49. The van der Waals surface area contributed by atoms with Gasteiger partial charge in [0.05, 0.1) is 11.7 Å². The number of pyridine rings is 1. The molecule has 1 aliphatic heterocycles. The Morgan fingerprint density at radius 3 is 3.17 bits per heavy atom. The molecule has 3 heterocycles. The second-order valence-corrected chi connectivity index (χ2v) is 4.55. The Balaban J connectivity index is 1.80. The quantitative estimate of drug-likeness (QED) is 0.822. The van der Waals surface area contributed by atoms with E-state index in [2.05, 4.69) is 16.3 Å². The number of hydrogen-bond acceptors (Lipinski definition) is 4. The van der Waals surface area contributed by atoms with Gasteiger partial charge in [0, 0.05) is 19.2 Å². The van der Waals surface area contributed by atoms with Crippen molar-refractivity contribution >= 4 is 5.65 Å². The molecule has 0 spiro atoms. The third-order valence-corrected chi connectivity index (χ3v) is 3.32. The first-order chi connectivity index (χ1) is 8.86. The summed E-state index contributed by atoms with van der Waals surface area (Å²) in [4.78, 5) is 0. The zero-order valence-corrected chi connectivity index (χ0v) is 10.0. The summed E-state index contributed by atoms with van der Waals surface area (Å²) in [5.41, 5.74) is 1.41. The molecule has 0 amide bonds. The van der Waals surface area contributed by atoms with E-state index in [0.29, 0.717) is 11.7 Å². The fourth-order valence-electron chi connectivity index (χ4n) is 2.34. The van der Waals surface area contributed by atoms with Crippen molar-refractivity contribution in [3.63, 3.8) is 0 Å². The minimum atomic E-state index is 0.358. The maximum atomic E-state index is 8.90. The van der Waals surface area contributed by atoms with E-state index in [-0.39, 0.29) is 0 Å². The average Bonchev–Trinajstić information content (AvgIpc) is 3.05. The number of nitrogens with zero attached hydrogens (tertiary/aromatic N) is 4. The molecule has 0 N–H and O–H groups in total. The van der Waals surface area contributed by atoms with Crippen molar-refractivity contribution in [1.82, 2.24) is 14.6 Å². The Bertz CT molecular complexity index is 593. The number of ether oxygens (including phenoxy) is 1. The topological polar surface area (TPSA) is 63.2 Å². The summed E-state index contributed by atoms with van der Waals surface area (Å²) in [6.45, 7) is 0.879. The van der Waals surface area contributed by atoms with Crippen molar-refractivity contribution in [1.29, 1.82) is 5.26 Å². The SMILES string of the molecule is N#Cc1ccc2nnc(CCC3CCCO3)n2c1. The molecule has 92 valence electrons. The molecule has 1 atom stereocenters. The highest BCUT2D eigenvalue weighted by atomic mass is 16.5. The third kappa shape index (κ3) is 2.07. The molecule has 0 aliphatic carbocycles. The number of rotatable bonds is 3. The van der Waals surface area contributed by atoms with E-state index < -0.39 is 0 Å². The highest BCUT2D eigenvalue weighted by molar-refractivity contribution is 5.42. The van der Waals surface area contributed by atoms with Crippen molar-refractivity contribution in [2.45, 2.75) is 31.8 Å². The molecule has 2 aromatic heterocycles. The van der Waals surface area contributed by atoms with Gasteiger partial charge in [-0.1, -0.05) is 0 Å². The molecule has 1 saturated heterocycles. The van der Waals surface area contributed by atoms with Crippen LogP contribution in [0.2, 0.25) is 0 Å². The van der Waals surface area contributed by atoms with E-state index in [1.165, 1.54) is 0 Å². The van der Waals surface area contributed by atoms with Gasteiger partial charge in [-0.05, 0) is 31.4 Å². The molecule has 1 fully saturated rings. The number of fused-ring (bicyclic) bond motifs is 1. The molecule has 3 rings (SSSR count). The molecule has 18 heavy (non-hydrogen) atoms. The van der Waals surface area contributed by atoms with Crippen molar-refractivity contribution in [2.24, 2.45) is 0 Å². The molecule has 2 aromatic rings. The Kier molecular flexibility index (Phi) is 2.95. The lowest BCUT2D eigenvalue weighted by atomic mass is 10.1. The van der Waals surface area contributed by atoms with E-state index in [9.17, 15) is 0 Å². The predicted octanol–water partition coefficient (Wildman–Crippen LogP) is 1.71. The Labute approximate surface area is 105 Å². The number of nitriles is 1. The molecule has 5 heteroatoms. The minimum absolute atomic E-state index is 0.358. The fourth-order valence-corrected chi connectivity index (χ4v) is 2.34. The van der Waals surface area contributed by atoms with Gasteiger partial charge in [-0.3, -0.25) is 4.40 Å². The van der Waals surface area contributed by atoms with Crippen LogP contribution in [0.4, 0.5) is 0 Å². The summed E-state index contributed by atoms with van der Waals surface area (Å²) in [5.74, 6) is 0.901. The maximum Gasteiger partial charge on any atom is 0.160 e. The van der Waals surface area contributed by atoms with Crippen molar-refractivity contribution < 1.29 is 4.74 Å². The van der Waals surface area contributed by atoms with E-state index >= 15 is 0 Å².